The molecular weight excluding hydrogens is 236 g/mol. The van der Waals surface area contributed by atoms with Crippen LogP contribution in [-0.2, 0) is 4.79 Å². The van der Waals surface area contributed by atoms with Gasteiger partial charge in [-0.05, 0) is 28.1 Å². The standard InChI is InChI=1S/C8H9BrN2O2/c9-6-2-1-5(13-6)7-8(12)11-4-3-10-7/h1-2,7,10H,3-4H2,(H,11,12). The van der Waals surface area contributed by atoms with E-state index in [9.17, 15) is 4.79 Å². The first-order chi connectivity index (χ1) is 6.27. The molecule has 0 saturated carbocycles. The minimum Gasteiger partial charge on any atom is -0.452 e. The average molecular weight is 245 g/mol. The summed E-state index contributed by atoms with van der Waals surface area (Å²) in [7, 11) is 0. The molecule has 1 amide bonds. The number of halogens is 1. The Bertz CT molecular complexity index is 324. The molecule has 1 aliphatic rings. The predicted octanol–water partition coefficient (Wildman–Crippen LogP) is 0.803. The second-order valence-corrected chi connectivity index (χ2v) is 3.60. The van der Waals surface area contributed by atoms with Crippen molar-refractivity contribution in [3.05, 3.63) is 22.6 Å². The van der Waals surface area contributed by atoms with Crippen molar-refractivity contribution in [2.75, 3.05) is 13.1 Å². The summed E-state index contributed by atoms with van der Waals surface area (Å²) in [5.74, 6) is 0.608. The van der Waals surface area contributed by atoms with Crippen molar-refractivity contribution in [3.8, 4) is 0 Å². The molecule has 1 aliphatic heterocycles. The van der Waals surface area contributed by atoms with E-state index in [0.29, 0.717) is 17.0 Å². The van der Waals surface area contributed by atoms with Crippen LogP contribution in [0, 0.1) is 0 Å². The van der Waals surface area contributed by atoms with Crippen molar-refractivity contribution in [1.82, 2.24) is 10.6 Å². The molecule has 1 saturated heterocycles. The molecule has 1 unspecified atom stereocenters. The van der Waals surface area contributed by atoms with Gasteiger partial charge in [0.1, 0.15) is 11.8 Å². The van der Waals surface area contributed by atoms with Crippen molar-refractivity contribution in [2.24, 2.45) is 0 Å². The zero-order valence-corrected chi connectivity index (χ0v) is 8.43. The maximum Gasteiger partial charge on any atom is 0.245 e. The number of amides is 1. The van der Waals surface area contributed by atoms with Gasteiger partial charge in [0.2, 0.25) is 5.91 Å². The fourth-order valence-electron chi connectivity index (χ4n) is 1.31. The van der Waals surface area contributed by atoms with Gasteiger partial charge in [-0.2, -0.15) is 0 Å². The van der Waals surface area contributed by atoms with Crippen molar-refractivity contribution < 1.29 is 9.21 Å². The molecule has 2 rings (SSSR count). The summed E-state index contributed by atoms with van der Waals surface area (Å²) in [4.78, 5) is 11.4. The Hall–Kier alpha value is -0.810. The van der Waals surface area contributed by atoms with Crippen molar-refractivity contribution in [1.29, 1.82) is 0 Å². The van der Waals surface area contributed by atoms with E-state index in [2.05, 4.69) is 26.6 Å². The van der Waals surface area contributed by atoms with E-state index in [1.807, 2.05) is 0 Å². The fraction of sp³-hybridized carbons (Fsp3) is 0.375. The van der Waals surface area contributed by atoms with Gasteiger partial charge >= 0.3 is 0 Å². The molecule has 5 heteroatoms. The van der Waals surface area contributed by atoms with Crippen LogP contribution in [0.3, 0.4) is 0 Å². The zero-order valence-electron chi connectivity index (χ0n) is 6.84. The molecule has 0 bridgehead atoms. The van der Waals surface area contributed by atoms with Gasteiger partial charge < -0.3 is 9.73 Å². The molecule has 4 nitrogen and oxygen atoms in total. The van der Waals surface area contributed by atoms with Crippen LogP contribution in [0.15, 0.2) is 21.2 Å². The third-order valence-electron chi connectivity index (χ3n) is 1.91. The van der Waals surface area contributed by atoms with Gasteiger partial charge in [-0.25, -0.2) is 0 Å². The van der Waals surface area contributed by atoms with E-state index in [1.165, 1.54) is 0 Å². The van der Waals surface area contributed by atoms with Crippen LogP contribution in [0.5, 0.6) is 0 Å². The third-order valence-corrected chi connectivity index (χ3v) is 2.34. The summed E-state index contributed by atoms with van der Waals surface area (Å²) in [5.41, 5.74) is 0. The van der Waals surface area contributed by atoms with Crippen LogP contribution in [0.2, 0.25) is 0 Å². The molecule has 0 aromatic carbocycles. The zero-order chi connectivity index (χ0) is 9.26. The van der Waals surface area contributed by atoms with E-state index >= 15 is 0 Å². The molecule has 1 fully saturated rings. The summed E-state index contributed by atoms with van der Waals surface area (Å²) < 4.78 is 5.93. The number of piperazine rings is 1. The van der Waals surface area contributed by atoms with Crippen molar-refractivity contribution >= 4 is 21.8 Å². The van der Waals surface area contributed by atoms with Crippen LogP contribution >= 0.6 is 15.9 Å². The lowest BCUT2D eigenvalue weighted by Crippen LogP contribution is -2.47. The van der Waals surface area contributed by atoms with Gasteiger partial charge in [-0.15, -0.1) is 0 Å². The van der Waals surface area contributed by atoms with E-state index in [0.717, 1.165) is 6.54 Å². The van der Waals surface area contributed by atoms with Gasteiger partial charge in [-0.1, -0.05) is 0 Å². The maximum atomic E-state index is 11.4. The van der Waals surface area contributed by atoms with E-state index in [4.69, 9.17) is 4.42 Å². The molecule has 70 valence electrons. The first kappa shape index (κ1) is 8.77. The smallest absolute Gasteiger partial charge is 0.245 e. The molecule has 2 heterocycles. The molecule has 2 N–H and O–H groups in total. The highest BCUT2D eigenvalue weighted by Crippen LogP contribution is 2.21. The summed E-state index contributed by atoms with van der Waals surface area (Å²) in [6.45, 7) is 1.45. The Balaban J connectivity index is 2.19. The topological polar surface area (TPSA) is 54.3 Å². The summed E-state index contributed by atoms with van der Waals surface area (Å²) in [6.07, 6.45) is 0. The molecule has 0 spiro atoms. The number of carbonyl (C=O) groups is 1. The van der Waals surface area contributed by atoms with Crippen LogP contribution < -0.4 is 10.6 Å². The maximum absolute atomic E-state index is 11.4. The normalized spacial score (nSPS) is 22.8. The quantitative estimate of drug-likeness (QED) is 0.769. The lowest BCUT2D eigenvalue weighted by atomic mass is 10.2. The van der Waals surface area contributed by atoms with Gasteiger partial charge in [0.15, 0.2) is 4.67 Å². The lowest BCUT2D eigenvalue weighted by Gasteiger charge is -2.21. The van der Waals surface area contributed by atoms with Crippen LogP contribution in [-0.4, -0.2) is 19.0 Å². The second kappa shape index (κ2) is 3.51. The largest absolute Gasteiger partial charge is 0.452 e. The number of carbonyl (C=O) groups excluding carboxylic acids is 1. The number of hydrogen-bond acceptors (Lipinski definition) is 3. The Morgan fingerprint density at radius 3 is 2.92 bits per heavy atom. The predicted molar refractivity (Wildman–Crippen MR) is 50.2 cm³/mol. The van der Waals surface area contributed by atoms with Gasteiger partial charge in [-0.3, -0.25) is 10.1 Å². The van der Waals surface area contributed by atoms with Crippen molar-refractivity contribution in [2.45, 2.75) is 6.04 Å². The fourth-order valence-corrected chi connectivity index (χ4v) is 1.63. The second-order valence-electron chi connectivity index (χ2n) is 2.82. The molecule has 1 atom stereocenters. The first-order valence-electron chi connectivity index (χ1n) is 4.04. The molecule has 1 aromatic heterocycles. The Morgan fingerprint density at radius 1 is 1.46 bits per heavy atom. The van der Waals surface area contributed by atoms with Crippen molar-refractivity contribution in [3.63, 3.8) is 0 Å². The number of rotatable bonds is 1. The minimum atomic E-state index is -0.347. The summed E-state index contributed by atoms with van der Waals surface area (Å²) in [5, 5.41) is 5.83. The van der Waals surface area contributed by atoms with Crippen LogP contribution in [0.1, 0.15) is 11.8 Å². The Labute approximate surface area is 83.8 Å². The van der Waals surface area contributed by atoms with Crippen LogP contribution in [0.25, 0.3) is 0 Å². The minimum absolute atomic E-state index is 0.0342. The van der Waals surface area contributed by atoms with Crippen LogP contribution in [0.4, 0.5) is 0 Å². The van der Waals surface area contributed by atoms with E-state index in [-0.39, 0.29) is 11.9 Å². The number of furan rings is 1. The van der Waals surface area contributed by atoms with E-state index < -0.39 is 0 Å². The molecule has 1 aromatic rings. The molecule has 13 heavy (non-hydrogen) atoms. The SMILES string of the molecule is O=C1NCCNC1c1ccc(Br)o1. The Kier molecular flexibility index (Phi) is 2.37. The average Bonchev–Trinajstić information content (AvgIpc) is 2.53. The molecule has 0 aliphatic carbocycles. The van der Waals surface area contributed by atoms with E-state index in [1.54, 1.807) is 12.1 Å². The number of nitrogens with one attached hydrogen (secondary N) is 2. The monoisotopic (exact) mass is 244 g/mol. The summed E-state index contributed by atoms with van der Waals surface area (Å²) >= 11 is 3.19. The van der Waals surface area contributed by atoms with Gasteiger partial charge in [0.05, 0.1) is 0 Å². The Morgan fingerprint density at radius 2 is 2.31 bits per heavy atom. The summed E-state index contributed by atoms with van der Waals surface area (Å²) in [6, 6.07) is 3.21. The molecular formula is C8H9BrN2O2. The highest BCUT2D eigenvalue weighted by atomic mass is 79.9. The molecule has 0 radical (unpaired) electrons. The highest BCUT2D eigenvalue weighted by Gasteiger charge is 2.25. The lowest BCUT2D eigenvalue weighted by molar-refractivity contribution is -0.124. The van der Waals surface area contributed by atoms with Gasteiger partial charge in [0, 0.05) is 13.1 Å². The third kappa shape index (κ3) is 1.76. The first-order valence-corrected chi connectivity index (χ1v) is 4.83. The van der Waals surface area contributed by atoms with Gasteiger partial charge in [0.25, 0.3) is 0 Å². The highest BCUT2D eigenvalue weighted by molar-refractivity contribution is 9.10. The number of hydrogen-bond donors (Lipinski definition) is 2.